The first-order valence-corrected chi connectivity index (χ1v) is 10.1. The number of hydrogen-bond acceptors (Lipinski definition) is 7. The van der Waals surface area contributed by atoms with Gasteiger partial charge in [0.25, 0.3) is 11.6 Å². The Morgan fingerprint density at radius 1 is 1.15 bits per heavy atom. The lowest BCUT2D eigenvalue weighted by molar-refractivity contribution is -0.192. The van der Waals surface area contributed by atoms with Crippen LogP contribution in [0.5, 0.6) is 0 Å². The Morgan fingerprint density at radius 3 is 2.32 bits per heavy atom. The van der Waals surface area contributed by atoms with Gasteiger partial charge in [0.1, 0.15) is 5.00 Å². The smallest absolute Gasteiger partial charge is 0.475 e. The fourth-order valence-electron chi connectivity index (χ4n) is 2.41. The predicted molar refractivity (Wildman–Crippen MR) is 111 cm³/mol. The van der Waals surface area contributed by atoms with Crippen LogP contribution in [0, 0.1) is 0 Å². The van der Waals surface area contributed by atoms with Crippen molar-refractivity contribution in [1.82, 2.24) is 24.4 Å². The number of thiophene rings is 1. The molecule has 0 bridgehead atoms. The first-order chi connectivity index (χ1) is 15.9. The Hall–Kier alpha value is -3.66. The molecule has 16 heteroatoms. The Bertz CT molecular complexity index is 1300. The zero-order valence-electron chi connectivity index (χ0n) is 17.3. The van der Waals surface area contributed by atoms with Crippen LogP contribution in [0.4, 0.5) is 22.0 Å². The quantitative estimate of drug-likeness (QED) is 0.486. The molecule has 3 rings (SSSR count). The van der Waals surface area contributed by atoms with Crippen molar-refractivity contribution in [2.75, 3.05) is 6.54 Å². The molecule has 3 aromatic rings. The Kier molecular flexibility index (Phi) is 8.58. The summed E-state index contributed by atoms with van der Waals surface area (Å²) in [6.07, 6.45) is -5.27. The van der Waals surface area contributed by atoms with Gasteiger partial charge in [-0.25, -0.2) is 9.59 Å². The third-order valence-electron chi connectivity index (χ3n) is 4.15. The second kappa shape index (κ2) is 11.0. The minimum Gasteiger partial charge on any atom is -0.475 e. The number of carbonyl (C=O) groups is 1. The minimum absolute atomic E-state index is 0.0963. The van der Waals surface area contributed by atoms with E-state index in [1.54, 1.807) is 29.0 Å². The number of alkyl halides is 3. The molecule has 0 aliphatic heterocycles. The first kappa shape index (κ1) is 26.6. The first-order valence-electron chi connectivity index (χ1n) is 9.26. The largest absolute Gasteiger partial charge is 0.490 e. The number of halogens is 5. The number of aliphatic carboxylic acids is 1. The van der Waals surface area contributed by atoms with Crippen LogP contribution in [-0.4, -0.2) is 48.2 Å². The fourth-order valence-corrected chi connectivity index (χ4v) is 3.35. The van der Waals surface area contributed by atoms with Gasteiger partial charge in [-0.1, -0.05) is 0 Å². The van der Waals surface area contributed by atoms with Crippen molar-refractivity contribution in [3.05, 3.63) is 63.0 Å². The topological polar surface area (TPSA) is 138 Å². The molecule has 3 heterocycles. The van der Waals surface area contributed by atoms with Gasteiger partial charge in [0.2, 0.25) is 0 Å². The lowest BCUT2D eigenvalue weighted by atomic mass is 10.2. The second-order valence-corrected chi connectivity index (χ2v) is 7.44. The van der Waals surface area contributed by atoms with Crippen molar-refractivity contribution in [3.63, 3.8) is 0 Å². The van der Waals surface area contributed by atoms with E-state index < -0.39 is 30.5 Å². The zero-order valence-corrected chi connectivity index (χ0v) is 18.1. The number of aromatic nitrogens is 5. The number of carboxylic acid groups (broad SMARTS) is 1. The molecule has 0 aliphatic rings. The number of rotatable bonds is 6. The van der Waals surface area contributed by atoms with Crippen molar-refractivity contribution in [2.24, 2.45) is 5.73 Å². The number of nitrogens with zero attached hydrogens (tertiary/aromatic N) is 5. The molecule has 0 saturated heterocycles. The lowest BCUT2D eigenvalue weighted by Gasteiger charge is -2.03. The van der Waals surface area contributed by atoms with Crippen molar-refractivity contribution in [2.45, 2.75) is 26.2 Å². The lowest BCUT2D eigenvalue weighted by Crippen LogP contribution is -2.26. The van der Waals surface area contributed by atoms with E-state index in [-0.39, 0.29) is 17.7 Å². The number of aryl methyl sites for hydroxylation is 1. The van der Waals surface area contributed by atoms with Crippen LogP contribution in [0.3, 0.4) is 0 Å². The zero-order chi connectivity index (χ0) is 25.6. The summed E-state index contributed by atoms with van der Waals surface area (Å²) >= 11 is 1.27. The Morgan fingerprint density at radius 2 is 1.79 bits per heavy atom. The molecule has 0 aliphatic carbocycles. The van der Waals surface area contributed by atoms with E-state index in [2.05, 4.69) is 10.4 Å². The maximum absolute atomic E-state index is 12.7. The highest BCUT2D eigenvalue weighted by Gasteiger charge is 2.38. The van der Waals surface area contributed by atoms with Gasteiger partial charge >= 0.3 is 17.8 Å². The molecule has 10 nitrogen and oxygen atoms in total. The molecule has 0 amide bonds. The average Bonchev–Trinajstić information content (AvgIpc) is 3.38. The van der Waals surface area contributed by atoms with Crippen LogP contribution in [0.15, 0.2) is 51.7 Å². The van der Waals surface area contributed by atoms with Gasteiger partial charge < -0.3 is 15.4 Å². The highest BCUT2D eigenvalue weighted by atomic mass is 32.1. The normalized spacial score (nSPS) is 11.0. The molecule has 3 N–H and O–H groups in total. The molecule has 0 radical (unpaired) electrons. The van der Waals surface area contributed by atoms with Gasteiger partial charge in [-0.3, -0.25) is 4.79 Å². The molecule has 0 unspecified atom stereocenters. The van der Waals surface area contributed by atoms with Gasteiger partial charge in [0.05, 0.1) is 6.54 Å². The maximum Gasteiger partial charge on any atom is 0.490 e. The summed E-state index contributed by atoms with van der Waals surface area (Å²) in [4.78, 5) is 33.8. The standard InChI is InChI=1S/C16H16F2N6O2S.C2HF3O2/c1-2-22-8-10(3-5-13(22)25)12-4-6-14(27-12)24-16(26)23(20-21-24)9-11(7-19)15(17)18;3-2(4,5)1(6)7/h3-6,8H,2,7,9,19H2,1H3;(H,6,7). The van der Waals surface area contributed by atoms with E-state index >= 15 is 0 Å². The van der Waals surface area contributed by atoms with Crippen molar-refractivity contribution < 1.29 is 31.9 Å². The molecule has 0 aromatic carbocycles. The number of pyridine rings is 1. The van der Waals surface area contributed by atoms with Crippen LogP contribution in [-0.2, 0) is 17.9 Å². The van der Waals surface area contributed by atoms with Gasteiger partial charge in [-0.2, -0.15) is 31.3 Å². The summed E-state index contributed by atoms with van der Waals surface area (Å²) in [6.45, 7) is 1.61. The second-order valence-electron chi connectivity index (χ2n) is 6.38. The molecule has 0 saturated carbocycles. The fraction of sp³-hybridized carbons (Fsp3) is 0.278. The summed E-state index contributed by atoms with van der Waals surface area (Å²) in [5.74, 6) is -2.76. The maximum atomic E-state index is 12.7. The van der Waals surface area contributed by atoms with Crippen molar-refractivity contribution >= 4 is 17.3 Å². The Balaban J connectivity index is 0.000000509. The third kappa shape index (κ3) is 6.44. The van der Waals surface area contributed by atoms with E-state index in [1.807, 2.05) is 6.92 Å². The summed E-state index contributed by atoms with van der Waals surface area (Å²) in [7, 11) is 0. The van der Waals surface area contributed by atoms with E-state index in [4.69, 9.17) is 15.6 Å². The van der Waals surface area contributed by atoms with Crippen LogP contribution in [0.2, 0.25) is 0 Å². The van der Waals surface area contributed by atoms with Crippen molar-refractivity contribution in [1.29, 1.82) is 0 Å². The summed E-state index contributed by atoms with van der Waals surface area (Å²) in [6, 6.07) is 6.65. The molecule has 34 heavy (non-hydrogen) atoms. The molecular weight excluding hydrogens is 491 g/mol. The van der Waals surface area contributed by atoms with Gasteiger partial charge in [0, 0.05) is 41.4 Å². The third-order valence-corrected chi connectivity index (χ3v) is 5.26. The SMILES string of the molecule is CCn1cc(-c2ccc(-n3nnn(CC(CN)=C(F)F)c3=O)s2)ccc1=O.O=C(O)C(F)(F)F. The molecule has 3 aromatic heterocycles. The van der Waals surface area contributed by atoms with E-state index in [1.165, 1.54) is 17.4 Å². The number of tetrazole rings is 1. The van der Waals surface area contributed by atoms with Crippen LogP contribution in [0.1, 0.15) is 6.92 Å². The Labute approximate surface area is 190 Å². The molecule has 0 atom stereocenters. The monoisotopic (exact) mass is 508 g/mol. The van der Waals surface area contributed by atoms with E-state index in [9.17, 15) is 31.5 Å². The molecule has 0 fully saturated rings. The molecular formula is C18H17F5N6O4S. The van der Waals surface area contributed by atoms with Gasteiger partial charge in [0.15, 0.2) is 0 Å². The van der Waals surface area contributed by atoms with E-state index in [0.29, 0.717) is 11.5 Å². The van der Waals surface area contributed by atoms with Crippen LogP contribution in [0.25, 0.3) is 15.4 Å². The number of carboxylic acids is 1. The predicted octanol–water partition coefficient (Wildman–Crippen LogP) is 2.08. The average molecular weight is 508 g/mol. The number of hydrogen-bond donors (Lipinski definition) is 2. The van der Waals surface area contributed by atoms with Crippen LogP contribution < -0.4 is 17.0 Å². The van der Waals surface area contributed by atoms with Crippen molar-refractivity contribution in [3.8, 4) is 15.4 Å². The summed E-state index contributed by atoms with van der Waals surface area (Å²) in [5.41, 5.74) is 4.96. The molecule has 0 spiro atoms. The molecule has 184 valence electrons. The van der Waals surface area contributed by atoms with Crippen LogP contribution >= 0.6 is 11.3 Å². The number of nitrogens with two attached hydrogens (primary N) is 1. The van der Waals surface area contributed by atoms with E-state index in [0.717, 1.165) is 19.8 Å². The highest BCUT2D eigenvalue weighted by Crippen LogP contribution is 2.28. The minimum atomic E-state index is -5.08. The highest BCUT2D eigenvalue weighted by molar-refractivity contribution is 7.17. The summed E-state index contributed by atoms with van der Waals surface area (Å²) in [5, 5.41) is 15.0. The van der Waals surface area contributed by atoms with Gasteiger partial charge in [-0.15, -0.1) is 11.3 Å². The summed E-state index contributed by atoms with van der Waals surface area (Å²) < 4.78 is 60.6. The van der Waals surface area contributed by atoms with Gasteiger partial charge in [-0.05, 0) is 35.5 Å².